The fraction of sp³-hybridized carbons (Fsp3) is 0.0800. The highest BCUT2D eigenvalue weighted by molar-refractivity contribution is 7.24. The summed E-state index contributed by atoms with van der Waals surface area (Å²) in [5.41, 5.74) is 0.344. The second-order valence-electron chi connectivity index (χ2n) is 7.61. The molecule has 2 heterocycles. The SMILES string of the molecule is CC(c1ccccc1)n1c(-c2cccc([N+](=O)[O-])c2)nc2sc3ccccc3c(=O)c2c1=O. The molecule has 0 bridgehead atoms. The predicted octanol–water partition coefficient (Wildman–Crippen LogP) is 5.16. The first kappa shape index (κ1) is 20.7. The molecule has 0 aliphatic rings. The van der Waals surface area contributed by atoms with Gasteiger partial charge in [0, 0.05) is 27.8 Å². The summed E-state index contributed by atoms with van der Waals surface area (Å²) in [5.74, 6) is 0.276. The van der Waals surface area contributed by atoms with E-state index in [9.17, 15) is 19.7 Å². The summed E-state index contributed by atoms with van der Waals surface area (Å²) < 4.78 is 2.18. The zero-order valence-electron chi connectivity index (χ0n) is 17.5. The van der Waals surface area contributed by atoms with Crippen molar-refractivity contribution < 1.29 is 4.92 Å². The van der Waals surface area contributed by atoms with Crippen LogP contribution in [0.15, 0.2) is 88.5 Å². The molecule has 2 aromatic heterocycles. The van der Waals surface area contributed by atoms with Crippen LogP contribution in [-0.4, -0.2) is 14.5 Å². The van der Waals surface area contributed by atoms with E-state index in [-0.39, 0.29) is 22.3 Å². The van der Waals surface area contributed by atoms with Crippen molar-refractivity contribution in [1.29, 1.82) is 0 Å². The van der Waals surface area contributed by atoms with Crippen LogP contribution < -0.4 is 11.0 Å². The van der Waals surface area contributed by atoms with Crippen molar-refractivity contribution in [3.63, 3.8) is 0 Å². The normalized spacial score (nSPS) is 12.2. The molecule has 0 saturated carbocycles. The molecule has 0 spiro atoms. The minimum Gasteiger partial charge on any atom is -0.288 e. The summed E-state index contributed by atoms with van der Waals surface area (Å²) in [4.78, 5) is 43.0. The van der Waals surface area contributed by atoms with Crippen LogP contribution in [-0.2, 0) is 0 Å². The number of non-ortho nitro benzene ring substituents is 1. The van der Waals surface area contributed by atoms with Crippen LogP contribution in [0.5, 0.6) is 0 Å². The van der Waals surface area contributed by atoms with Gasteiger partial charge in [0.25, 0.3) is 11.2 Å². The highest BCUT2D eigenvalue weighted by Crippen LogP contribution is 2.29. The topological polar surface area (TPSA) is 95.1 Å². The average molecular weight is 455 g/mol. The molecule has 0 fully saturated rings. The molecule has 0 saturated heterocycles. The molecule has 0 aliphatic heterocycles. The summed E-state index contributed by atoms with van der Waals surface area (Å²) in [6, 6.07) is 22.1. The molecule has 162 valence electrons. The summed E-state index contributed by atoms with van der Waals surface area (Å²) >= 11 is 1.26. The maximum Gasteiger partial charge on any atom is 0.270 e. The van der Waals surface area contributed by atoms with Crippen LogP contribution in [0, 0.1) is 10.1 Å². The van der Waals surface area contributed by atoms with Gasteiger partial charge in [-0.2, -0.15) is 0 Å². The fourth-order valence-electron chi connectivity index (χ4n) is 3.97. The third kappa shape index (κ3) is 3.50. The Labute approximate surface area is 191 Å². The van der Waals surface area contributed by atoms with Crippen molar-refractivity contribution in [2.24, 2.45) is 0 Å². The van der Waals surface area contributed by atoms with Crippen molar-refractivity contribution in [3.8, 4) is 11.4 Å². The summed E-state index contributed by atoms with van der Waals surface area (Å²) in [5, 5.41) is 11.9. The van der Waals surface area contributed by atoms with Gasteiger partial charge in [-0.15, -0.1) is 11.3 Å². The number of hydrogen-bond acceptors (Lipinski definition) is 6. The highest BCUT2D eigenvalue weighted by atomic mass is 32.1. The minimum absolute atomic E-state index is 0.0238. The molecule has 0 radical (unpaired) electrons. The van der Waals surface area contributed by atoms with Crippen LogP contribution in [0.1, 0.15) is 18.5 Å². The molecule has 0 amide bonds. The van der Waals surface area contributed by atoms with E-state index in [0.717, 1.165) is 10.3 Å². The Hall–Kier alpha value is -4.17. The summed E-state index contributed by atoms with van der Waals surface area (Å²) in [6.07, 6.45) is 0. The number of nitro benzene ring substituents is 1. The molecule has 8 heteroatoms. The van der Waals surface area contributed by atoms with Gasteiger partial charge in [0.05, 0.1) is 11.0 Å². The molecule has 1 atom stereocenters. The molecule has 7 nitrogen and oxygen atoms in total. The number of nitro groups is 1. The molecule has 5 rings (SSSR count). The van der Waals surface area contributed by atoms with Gasteiger partial charge in [0.2, 0.25) is 5.43 Å². The number of rotatable bonds is 4. The van der Waals surface area contributed by atoms with Gasteiger partial charge in [-0.05, 0) is 24.6 Å². The first-order valence-corrected chi connectivity index (χ1v) is 11.0. The number of aromatic nitrogens is 2. The van der Waals surface area contributed by atoms with Crippen molar-refractivity contribution in [2.45, 2.75) is 13.0 Å². The lowest BCUT2D eigenvalue weighted by Gasteiger charge is -2.20. The minimum atomic E-state index is -0.487. The number of hydrogen-bond donors (Lipinski definition) is 0. The molecule has 3 aromatic carbocycles. The maximum absolute atomic E-state index is 13.8. The standard InChI is InChI=1S/C25H17N3O4S/c1-15(16-8-3-2-4-9-16)27-23(17-10-7-11-18(14-17)28(31)32)26-24-21(25(27)30)22(29)19-12-5-6-13-20(19)33-24/h2-15H,1H3. The first-order chi connectivity index (χ1) is 16.0. The van der Waals surface area contributed by atoms with Crippen LogP contribution in [0.25, 0.3) is 31.7 Å². The Morgan fingerprint density at radius 1 is 0.970 bits per heavy atom. The third-order valence-electron chi connectivity index (χ3n) is 5.63. The Bertz CT molecular complexity index is 1660. The lowest BCUT2D eigenvalue weighted by molar-refractivity contribution is -0.384. The van der Waals surface area contributed by atoms with Gasteiger partial charge < -0.3 is 0 Å². The fourth-order valence-corrected chi connectivity index (χ4v) is 5.01. The van der Waals surface area contributed by atoms with E-state index in [2.05, 4.69) is 0 Å². The molecule has 0 N–H and O–H groups in total. The summed E-state index contributed by atoms with van der Waals surface area (Å²) in [6.45, 7) is 1.85. The zero-order valence-corrected chi connectivity index (χ0v) is 18.3. The first-order valence-electron chi connectivity index (χ1n) is 10.2. The Balaban J connectivity index is 1.91. The van der Waals surface area contributed by atoms with Gasteiger partial charge in [-0.25, -0.2) is 4.98 Å². The van der Waals surface area contributed by atoms with E-state index in [0.29, 0.717) is 15.8 Å². The van der Waals surface area contributed by atoms with Gasteiger partial charge in [-0.3, -0.25) is 24.3 Å². The summed E-state index contributed by atoms with van der Waals surface area (Å²) in [7, 11) is 0. The van der Waals surface area contributed by atoms with Crippen molar-refractivity contribution in [1.82, 2.24) is 9.55 Å². The largest absolute Gasteiger partial charge is 0.288 e. The zero-order chi connectivity index (χ0) is 23.1. The third-order valence-corrected chi connectivity index (χ3v) is 6.70. The molecular formula is C25H17N3O4S. The second-order valence-corrected chi connectivity index (χ2v) is 8.64. The lowest BCUT2D eigenvalue weighted by atomic mass is 10.1. The van der Waals surface area contributed by atoms with Crippen LogP contribution in [0.3, 0.4) is 0 Å². The van der Waals surface area contributed by atoms with E-state index < -0.39 is 16.5 Å². The Kier molecular flexibility index (Phi) is 5.07. The van der Waals surface area contributed by atoms with Crippen LogP contribution in [0.4, 0.5) is 5.69 Å². The van der Waals surface area contributed by atoms with E-state index in [1.54, 1.807) is 24.3 Å². The van der Waals surface area contributed by atoms with Gasteiger partial charge in [0.15, 0.2) is 0 Å². The van der Waals surface area contributed by atoms with Gasteiger partial charge >= 0.3 is 0 Å². The molecule has 0 aliphatic carbocycles. The molecular weight excluding hydrogens is 438 g/mol. The Morgan fingerprint density at radius 2 is 1.70 bits per heavy atom. The van der Waals surface area contributed by atoms with Crippen molar-refractivity contribution in [2.75, 3.05) is 0 Å². The molecule has 33 heavy (non-hydrogen) atoms. The highest BCUT2D eigenvalue weighted by Gasteiger charge is 2.22. The van der Waals surface area contributed by atoms with E-state index in [1.807, 2.05) is 49.4 Å². The molecule has 1 unspecified atom stereocenters. The van der Waals surface area contributed by atoms with Crippen LogP contribution >= 0.6 is 11.3 Å². The molecule has 5 aromatic rings. The Morgan fingerprint density at radius 3 is 2.45 bits per heavy atom. The maximum atomic E-state index is 13.8. The monoisotopic (exact) mass is 455 g/mol. The number of fused-ring (bicyclic) bond motifs is 2. The van der Waals surface area contributed by atoms with Crippen LogP contribution in [0.2, 0.25) is 0 Å². The smallest absolute Gasteiger partial charge is 0.270 e. The second kappa shape index (κ2) is 8.07. The number of benzene rings is 3. The quantitative estimate of drug-likeness (QED) is 0.212. The van der Waals surface area contributed by atoms with Gasteiger partial charge in [0.1, 0.15) is 16.0 Å². The van der Waals surface area contributed by atoms with E-state index in [4.69, 9.17) is 4.98 Å². The van der Waals surface area contributed by atoms with Crippen molar-refractivity contribution >= 4 is 37.3 Å². The van der Waals surface area contributed by atoms with E-state index in [1.165, 1.54) is 28.0 Å². The lowest BCUT2D eigenvalue weighted by Crippen LogP contribution is -2.30. The number of nitrogens with zero attached hydrogens (tertiary/aromatic N) is 3. The van der Waals surface area contributed by atoms with E-state index >= 15 is 0 Å². The average Bonchev–Trinajstić information content (AvgIpc) is 2.84. The van der Waals surface area contributed by atoms with Crippen molar-refractivity contribution in [3.05, 3.63) is 115 Å². The van der Waals surface area contributed by atoms with Gasteiger partial charge in [-0.1, -0.05) is 54.6 Å². The predicted molar refractivity (Wildman–Crippen MR) is 130 cm³/mol.